The van der Waals surface area contributed by atoms with Crippen molar-refractivity contribution in [2.24, 2.45) is 12.1 Å². The van der Waals surface area contributed by atoms with Gasteiger partial charge < -0.3 is 0 Å². The van der Waals surface area contributed by atoms with E-state index in [-0.39, 0.29) is 5.65 Å². The number of fused-ring (bicyclic) bond motifs is 1. The van der Waals surface area contributed by atoms with Crippen LogP contribution in [0.2, 0.25) is 5.02 Å². The predicted molar refractivity (Wildman–Crippen MR) is 103 cm³/mol. The lowest BCUT2D eigenvalue weighted by Gasteiger charge is -2.05. The second kappa shape index (κ2) is 7.40. The molecule has 0 saturated heterocycles. The van der Waals surface area contributed by atoms with Crippen molar-refractivity contribution in [2.45, 2.75) is 13.5 Å². The highest BCUT2D eigenvalue weighted by molar-refractivity contribution is 6.33. The molecule has 0 unspecified atom stereocenters. The molecule has 9 heteroatoms. The molecule has 0 fully saturated rings. The quantitative estimate of drug-likeness (QED) is 0.407. The van der Waals surface area contributed by atoms with Crippen LogP contribution in [0, 0.1) is 0 Å². The molecule has 8 nitrogen and oxygen atoms in total. The standard InChI is InChI=1S/C17H17ClN6O2/c1-3-4-9-24-13-14(23(2)17(26)21-15(13)25)20-16(24)22-19-10-11-7-5-6-8-12(11)18/h3-8,10H,9H2,1-2H3,(H,20,22)(H,21,25,26). The summed E-state index contributed by atoms with van der Waals surface area (Å²) in [6.07, 6.45) is 5.29. The van der Waals surface area contributed by atoms with Crippen molar-refractivity contribution in [3.05, 3.63) is 67.8 Å². The zero-order valence-electron chi connectivity index (χ0n) is 14.2. The van der Waals surface area contributed by atoms with E-state index in [1.165, 1.54) is 4.57 Å². The highest BCUT2D eigenvalue weighted by Gasteiger charge is 2.16. The minimum Gasteiger partial charge on any atom is -0.299 e. The molecule has 0 bridgehead atoms. The molecule has 0 saturated carbocycles. The summed E-state index contributed by atoms with van der Waals surface area (Å²) >= 11 is 6.10. The largest absolute Gasteiger partial charge is 0.329 e. The smallest absolute Gasteiger partial charge is 0.299 e. The molecule has 0 aliphatic carbocycles. The van der Waals surface area contributed by atoms with E-state index in [1.807, 2.05) is 37.3 Å². The molecule has 134 valence electrons. The van der Waals surface area contributed by atoms with Gasteiger partial charge in [0.25, 0.3) is 5.56 Å². The maximum atomic E-state index is 12.3. The predicted octanol–water partition coefficient (Wildman–Crippen LogP) is 2.10. The van der Waals surface area contributed by atoms with Gasteiger partial charge in [0, 0.05) is 24.2 Å². The van der Waals surface area contributed by atoms with Crippen LogP contribution in [0.4, 0.5) is 5.95 Å². The molecular weight excluding hydrogens is 356 g/mol. The molecule has 3 rings (SSSR count). The highest BCUT2D eigenvalue weighted by Crippen LogP contribution is 2.16. The van der Waals surface area contributed by atoms with Gasteiger partial charge in [-0.3, -0.25) is 18.9 Å². The first-order valence-electron chi connectivity index (χ1n) is 7.87. The van der Waals surface area contributed by atoms with Gasteiger partial charge in [-0.2, -0.15) is 10.1 Å². The lowest BCUT2D eigenvalue weighted by molar-refractivity contribution is 0.818. The van der Waals surface area contributed by atoms with E-state index < -0.39 is 11.2 Å². The van der Waals surface area contributed by atoms with Crippen molar-refractivity contribution < 1.29 is 0 Å². The second-order valence-corrected chi connectivity index (χ2v) is 5.90. The van der Waals surface area contributed by atoms with Crippen molar-refractivity contribution in [3.63, 3.8) is 0 Å². The summed E-state index contributed by atoms with van der Waals surface area (Å²) in [7, 11) is 1.55. The molecule has 0 atom stereocenters. The summed E-state index contributed by atoms with van der Waals surface area (Å²) in [4.78, 5) is 30.7. The summed E-state index contributed by atoms with van der Waals surface area (Å²) in [5.74, 6) is 0.341. The normalized spacial score (nSPS) is 11.8. The topological polar surface area (TPSA) is 97.1 Å². The van der Waals surface area contributed by atoms with Crippen molar-refractivity contribution in [1.29, 1.82) is 0 Å². The van der Waals surface area contributed by atoms with Crippen LogP contribution in [0.15, 0.2) is 51.1 Å². The second-order valence-electron chi connectivity index (χ2n) is 5.50. The zero-order chi connectivity index (χ0) is 18.7. The van der Waals surface area contributed by atoms with E-state index in [4.69, 9.17) is 11.6 Å². The molecule has 3 aromatic rings. The monoisotopic (exact) mass is 372 g/mol. The van der Waals surface area contributed by atoms with E-state index >= 15 is 0 Å². The zero-order valence-corrected chi connectivity index (χ0v) is 15.0. The molecule has 0 radical (unpaired) electrons. The Kier molecular flexibility index (Phi) is 5.04. The number of aromatic nitrogens is 4. The van der Waals surface area contributed by atoms with E-state index in [1.54, 1.807) is 23.9 Å². The fourth-order valence-electron chi connectivity index (χ4n) is 2.45. The summed E-state index contributed by atoms with van der Waals surface area (Å²) in [5, 5.41) is 4.72. The van der Waals surface area contributed by atoms with Crippen LogP contribution in [0.25, 0.3) is 11.2 Å². The van der Waals surface area contributed by atoms with E-state index in [0.717, 1.165) is 5.56 Å². The number of halogens is 1. The Labute approximate surface area is 153 Å². The molecule has 26 heavy (non-hydrogen) atoms. The maximum absolute atomic E-state index is 12.3. The Balaban J connectivity index is 2.06. The average molecular weight is 373 g/mol. The van der Waals surface area contributed by atoms with Gasteiger partial charge >= 0.3 is 5.69 Å². The van der Waals surface area contributed by atoms with Crippen molar-refractivity contribution in [1.82, 2.24) is 19.1 Å². The van der Waals surface area contributed by atoms with E-state index in [0.29, 0.717) is 23.0 Å². The number of allylic oxidation sites excluding steroid dienone is 2. The number of aromatic amines is 1. The number of hydrazone groups is 1. The van der Waals surface area contributed by atoms with Gasteiger partial charge in [-0.05, 0) is 13.0 Å². The number of anilines is 1. The Morgan fingerprint density at radius 1 is 1.35 bits per heavy atom. The Hall–Kier alpha value is -3.13. The highest BCUT2D eigenvalue weighted by atomic mass is 35.5. The first-order valence-corrected chi connectivity index (χ1v) is 8.25. The van der Waals surface area contributed by atoms with E-state index in [9.17, 15) is 9.59 Å². The molecule has 0 aliphatic rings. The third kappa shape index (κ3) is 3.31. The molecule has 2 aromatic heterocycles. The molecule has 2 heterocycles. The van der Waals surface area contributed by atoms with Gasteiger partial charge in [0.2, 0.25) is 5.95 Å². The molecule has 1 aromatic carbocycles. The van der Waals surface area contributed by atoms with Crippen LogP contribution in [0.5, 0.6) is 0 Å². The van der Waals surface area contributed by atoms with Crippen molar-refractivity contribution >= 4 is 34.9 Å². The minimum atomic E-state index is -0.524. The maximum Gasteiger partial charge on any atom is 0.329 e. The van der Waals surface area contributed by atoms with Gasteiger partial charge in [0.15, 0.2) is 11.2 Å². The molecular formula is C17H17ClN6O2. The van der Waals surface area contributed by atoms with E-state index in [2.05, 4.69) is 20.5 Å². The Morgan fingerprint density at radius 3 is 2.85 bits per heavy atom. The first-order chi connectivity index (χ1) is 12.5. The summed E-state index contributed by atoms with van der Waals surface area (Å²) in [6.45, 7) is 2.28. The lowest BCUT2D eigenvalue weighted by Crippen LogP contribution is -2.29. The SMILES string of the molecule is CC=CCn1c(NN=Cc2ccccc2Cl)nc2c1c(=O)[nH]c(=O)n2C. The van der Waals surface area contributed by atoms with Gasteiger partial charge in [0.1, 0.15) is 0 Å². The van der Waals surface area contributed by atoms with Crippen LogP contribution in [0.1, 0.15) is 12.5 Å². The Morgan fingerprint density at radius 2 is 2.12 bits per heavy atom. The minimum absolute atomic E-state index is 0.277. The van der Waals surface area contributed by atoms with Crippen LogP contribution in [0.3, 0.4) is 0 Å². The van der Waals surface area contributed by atoms with Gasteiger partial charge in [0.05, 0.1) is 6.21 Å². The van der Waals surface area contributed by atoms with Crippen molar-refractivity contribution in [3.8, 4) is 0 Å². The first kappa shape index (κ1) is 17.7. The fourth-order valence-corrected chi connectivity index (χ4v) is 2.63. The molecule has 0 spiro atoms. The number of nitrogens with zero attached hydrogens (tertiary/aromatic N) is 4. The summed E-state index contributed by atoms with van der Waals surface area (Å²) in [5.41, 5.74) is 3.11. The third-order valence-corrected chi connectivity index (χ3v) is 4.15. The fraction of sp³-hybridized carbons (Fsp3) is 0.176. The van der Waals surface area contributed by atoms with Crippen LogP contribution in [-0.2, 0) is 13.6 Å². The Bertz CT molecular complexity index is 1120. The average Bonchev–Trinajstić information content (AvgIpc) is 2.99. The van der Waals surface area contributed by atoms with Crippen LogP contribution >= 0.6 is 11.6 Å². The molecule has 2 N–H and O–H groups in total. The van der Waals surface area contributed by atoms with Gasteiger partial charge in [-0.25, -0.2) is 10.2 Å². The van der Waals surface area contributed by atoms with Crippen molar-refractivity contribution in [2.75, 3.05) is 5.43 Å². The molecule has 0 aliphatic heterocycles. The number of benzene rings is 1. The number of hydrogen-bond donors (Lipinski definition) is 2. The summed E-state index contributed by atoms with van der Waals surface area (Å²) < 4.78 is 2.93. The van der Waals surface area contributed by atoms with Crippen LogP contribution < -0.4 is 16.7 Å². The number of H-pyrrole nitrogens is 1. The molecule has 0 amide bonds. The number of imidazole rings is 1. The number of nitrogens with one attached hydrogen (secondary N) is 2. The number of aryl methyl sites for hydroxylation is 1. The third-order valence-electron chi connectivity index (χ3n) is 3.80. The lowest BCUT2D eigenvalue weighted by atomic mass is 10.2. The van der Waals surface area contributed by atoms with Gasteiger partial charge in [-0.15, -0.1) is 0 Å². The number of hydrogen-bond acceptors (Lipinski definition) is 5. The van der Waals surface area contributed by atoms with Gasteiger partial charge in [-0.1, -0.05) is 42.0 Å². The number of rotatable bonds is 5. The summed E-state index contributed by atoms with van der Waals surface area (Å²) in [6, 6.07) is 7.27. The van der Waals surface area contributed by atoms with Crippen LogP contribution in [-0.4, -0.2) is 25.3 Å².